The second kappa shape index (κ2) is 8.30. The van der Waals surface area contributed by atoms with Crippen LogP contribution >= 0.6 is 0 Å². The number of amides is 1. The minimum absolute atomic E-state index is 0.0192. The number of halogens is 3. The Morgan fingerprint density at radius 1 is 1.30 bits per heavy atom. The molecule has 166 valence electrons. The SMILES string of the molecule is C[C@H]1C[C@@H](N(C)C(=O)CN(C)C)CN(C2C=CC(C(F)(F)F)=C3N=CC=CC32C)C1. The number of rotatable bonds is 4. The summed E-state index contributed by atoms with van der Waals surface area (Å²) in [4.78, 5) is 22.6. The van der Waals surface area contributed by atoms with Gasteiger partial charge >= 0.3 is 6.18 Å². The molecule has 0 aromatic rings. The molecule has 0 bridgehead atoms. The average molecular weight is 425 g/mol. The van der Waals surface area contributed by atoms with Crippen LogP contribution in [0, 0.1) is 11.3 Å². The molecule has 2 aliphatic heterocycles. The summed E-state index contributed by atoms with van der Waals surface area (Å²) in [5.74, 6) is 0.370. The van der Waals surface area contributed by atoms with Crippen molar-refractivity contribution in [3.63, 3.8) is 0 Å². The van der Waals surface area contributed by atoms with Crippen LogP contribution in [0.2, 0.25) is 0 Å². The fourth-order valence-electron chi connectivity index (χ4n) is 4.83. The second-order valence-electron chi connectivity index (χ2n) is 9.18. The molecular formula is C22H31F3N4O. The molecule has 2 heterocycles. The largest absolute Gasteiger partial charge is 0.418 e. The third-order valence-electron chi connectivity index (χ3n) is 6.31. The number of carbonyl (C=O) groups is 1. The number of piperidine rings is 1. The summed E-state index contributed by atoms with van der Waals surface area (Å²) in [5.41, 5.74) is -1.49. The van der Waals surface area contributed by atoms with Crippen molar-refractivity contribution in [2.45, 2.75) is 38.5 Å². The smallest absolute Gasteiger partial charge is 0.340 e. The molecule has 1 amide bonds. The molecule has 1 saturated heterocycles. The van der Waals surface area contributed by atoms with Gasteiger partial charge in [0, 0.05) is 43.9 Å². The van der Waals surface area contributed by atoms with Crippen LogP contribution in [-0.2, 0) is 4.79 Å². The van der Waals surface area contributed by atoms with Crippen LogP contribution in [0.5, 0.6) is 0 Å². The number of likely N-dealkylation sites (tertiary alicyclic amines) is 1. The zero-order chi connectivity index (χ0) is 22.3. The number of fused-ring (bicyclic) bond motifs is 1. The number of carbonyl (C=O) groups excluding carboxylic acids is 1. The van der Waals surface area contributed by atoms with Crippen molar-refractivity contribution < 1.29 is 18.0 Å². The lowest BCUT2D eigenvalue weighted by Crippen LogP contribution is -2.58. The van der Waals surface area contributed by atoms with Crippen LogP contribution in [0.25, 0.3) is 0 Å². The molecule has 0 spiro atoms. The minimum atomic E-state index is -4.45. The second-order valence-corrected chi connectivity index (χ2v) is 9.18. The van der Waals surface area contributed by atoms with Crippen LogP contribution < -0.4 is 0 Å². The quantitative estimate of drug-likeness (QED) is 0.696. The Labute approximate surface area is 176 Å². The van der Waals surface area contributed by atoms with Crippen LogP contribution in [0.4, 0.5) is 13.2 Å². The van der Waals surface area contributed by atoms with Gasteiger partial charge in [-0.25, -0.2) is 0 Å². The molecule has 8 heteroatoms. The number of hydrogen-bond acceptors (Lipinski definition) is 4. The van der Waals surface area contributed by atoms with E-state index < -0.39 is 17.2 Å². The van der Waals surface area contributed by atoms with Gasteiger partial charge in [-0.05, 0) is 39.4 Å². The summed E-state index contributed by atoms with van der Waals surface area (Å²) in [5, 5.41) is 0. The third-order valence-corrected chi connectivity index (χ3v) is 6.31. The molecule has 0 saturated carbocycles. The first kappa shape index (κ1) is 22.7. The standard InChI is InChI=1S/C22H31F3N4O/c1-15-11-16(28(5)19(30)14-27(3)4)13-29(12-15)18-8-7-17(22(23,24)25)20-21(18,2)9-6-10-26-20/h6-10,15-16,18H,11-14H2,1-5H3/t15-,16+,18?,21?/m0/s1. The van der Waals surface area contributed by atoms with Gasteiger partial charge in [0.1, 0.15) is 0 Å². The number of dihydropyridines is 1. The van der Waals surface area contributed by atoms with Gasteiger partial charge in [-0.2, -0.15) is 13.2 Å². The molecule has 3 rings (SSSR count). The van der Waals surface area contributed by atoms with Crippen LogP contribution in [0.3, 0.4) is 0 Å². The average Bonchev–Trinajstić information content (AvgIpc) is 2.64. The topological polar surface area (TPSA) is 39.2 Å². The van der Waals surface area contributed by atoms with Gasteiger partial charge in [0.25, 0.3) is 0 Å². The number of likely N-dealkylation sites (N-methyl/N-ethyl adjacent to an activating group) is 2. The lowest BCUT2D eigenvalue weighted by Gasteiger charge is -2.49. The molecule has 5 nitrogen and oxygen atoms in total. The summed E-state index contributed by atoms with van der Waals surface area (Å²) in [6.45, 7) is 5.68. The van der Waals surface area contributed by atoms with Gasteiger partial charge < -0.3 is 9.80 Å². The van der Waals surface area contributed by atoms with E-state index in [0.717, 1.165) is 13.0 Å². The number of hydrogen-bond donors (Lipinski definition) is 0. The van der Waals surface area contributed by atoms with E-state index in [2.05, 4.69) is 16.8 Å². The van der Waals surface area contributed by atoms with E-state index in [4.69, 9.17) is 0 Å². The highest BCUT2D eigenvalue weighted by atomic mass is 19.4. The number of aliphatic imine (C=N–C) groups is 1. The first-order valence-corrected chi connectivity index (χ1v) is 10.3. The molecule has 0 aromatic heterocycles. The third kappa shape index (κ3) is 4.39. The summed E-state index contributed by atoms with van der Waals surface area (Å²) >= 11 is 0. The Bertz CT molecular complexity index is 799. The number of allylic oxidation sites excluding steroid dienone is 3. The molecule has 4 atom stereocenters. The van der Waals surface area contributed by atoms with Gasteiger partial charge in [0.2, 0.25) is 5.91 Å². The molecule has 30 heavy (non-hydrogen) atoms. The van der Waals surface area contributed by atoms with E-state index in [-0.39, 0.29) is 23.7 Å². The predicted octanol–water partition coefficient (Wildman–Crippen LogP) is 3.12. The normalized spacial score (nSPS) is 32.0. The maximum Gasteiger partial charge on any atom is 0.418 e. The molecule has 2 unspecified atom stereocenters. The number of nitrogens with zero attached hydrogens (tertiary/aromatic N) is 4. The van der Waals surface area contributed by atoms with Crippen molar-refractivity contribution in [1.82, 2.24) is 14.7 Å². The van der Waals surface area contributed by atoms with Crippen LogP contribution in [-0.4, -0.2) is 85.9 Å². The summed E-state index contributed by atoms with van der Waals surface area (Å²) in [6.07, 6.45) is 4.24. The lowest BCUT2D eigenvalue weighted by molar-refractivity contribution is -0.134. The predicted molar refractivity (Wildman–Crippen MR) is 112 cm³/mol. The Hall–Kier alpha value is -1.93. The van der Waals surface area contributed by atoms with E-state index in [1.807, 2.05) is 39.0 Å². The monoisotopic (exact) mass is 424 g/mol. The first-order valence-electron chi connectivity index (χ1n) is 10.3. The summed E-state index contributed by atoms with van der Waals surface area (Å²) in [7, 11) is 5.54. The Morgan fingerprint density at radius 2 is 2.00 bits per heavy atom. The molecule has 1 aliphatic carbocycles. The highest BCUT2D eigenvalue weighted by Gasteiger charge is 2.49. The Kier molecular flexibility index (Phi) is 6.30. The zero-order valence-corrected chi connectivity index (χ0v) is 18.3. The van der Waals surface area contributed by atoms with Gasteiger partial charge in [0.05, 0.1) is 17.8 Å². The molecule has 0 radical (unpaired) electrons. The summed E-state index contributed by atoms with van der Waals surface area (Å²) in [6, 6.07) is -0.236. The molecule has 0 aromatic carbocycles. The van der Waals surface area contributed by atoms with Gasteiger partial charge in [-0.1, -0.05) is 25.2 Å². The lowest BCUT2D eigenvalue weighted by atomic mass is 9.71. The van der Waals surface area contributed by atoms with Crippen LogP contribution in [0.1, 0.15) is 20.3 Å². The van der Waals surface area contributed by atoms with Gasteiger partial charge in [-0.3, -0.25) is 14.7 Å². The van der Waals surface area contributed by atoms with Crippen molar-refractivity contribution in [2.75, 3.05) is 40.8 Å². The van der Waals surface area contributed by atoms with Crippen molar-refractivity contribution in [3.05, 3.63) is 35.6 Å². The first-order chi connectivity index (χ1) is 13.9. The maximum absolute atomic E-state index is 13.6. The van der Waals surface area contributed by atoms with Gasteiger partial charge in [-0.15, -0.1) is 0 Å². The van der Waals surface area contributed by atoms with E-state index in [0.29, 0.717) is 19.0 Å². The summed E-state index contributed by atoms with van der Waals surface area (Å²) < 4.78 is 40.8. The van der Waals surface area contributed by atoms with Crippen molar-refractivity contribution in [3.8, 4) is 0 Å². The van der Waals surface area contributed by atoms with Crippen LogP contribution in [0.15, 0.2) is 40.6 Å². The van der Waals surface area contributed by atoms with E-state index in [1.54, 1.807) is 17.1 Å². The molecule has 0 N–H and O–H groups in total. The Balaban J connectivity index is 1.87. The Morgan fingerprint density at radius 3 is 2.63 bits per heavy atom. The highest BCUT2D eigenvalue weighted by molar-refractivity contribution is 5.78. The fourth-order valence-corrected chi connectivity index (χ4v) is 4.83. The molecular weight excluding hydrogens is 393 g/mol. The van der Waals surface area contributed by atoms with Gasteiger partial charge in [0.15, 0.2) is 0 Å². The van der Waals surface area contributed by atoms with Crippen molar-refractivity contribution in [1.29, 1.82) is 0 Å². The molecule has 1 fully saturated rings. The molecule has 3 aliphatic rings. The number of alkyl halides is 3. The van der Waals surface area contributed by atoms with Crippen molar-refractivity contribution in [2.24, 2.45) is 16.3 Å². The van der Waals surface area contributed by atoms with E-state index in [1.165, 1.54) is 12.3 Å². The zero-order valence-electron chi connectivity index (χ0n) is 18.3. The van der Waals surface area contributed by atoms with E-state index >= 15 is 0 Å². The minimum Gasteiger partial charge on any atom is -0.340 e. The highest BCUT2D eigenvalue weighted by Crippen LogP contribution is 2.48. The maximum atomic E-state index is 13.6. The van der Waals surface area contributed by atoms with E-state index in [9.17, 15) is 18.0 Å². The van der Waals surface area contributed by atoms with Crippen molar-refractivity contribution >= 4 is 12.1 Å². The fraction of sp³-hybridized carbons (Fsp3) is 0.636.